The number of alkyl halides is 1. The van der Waals surface area contributed by atoms with Gasteiger partial charge in [0.25, 0.3) is 0 Å². The van der Waals surface area contributed by atoms with E-state index in [1.165, 1.54) is 6.42 Å². The van der Waals surface area contributed by atoms with Crippen molar-refractivity contribution in [3.63, 3.8) is 0 Å². The van der Waals surface area contributed by atoms with E-state index in [2.05, 4.69) is 14.1 Å². The van der Waals surface area contributed by atoms with Gasteiger partial charge in [-0.15, -0.1) is 11.6 Å². The van der Waals surface area contributed by atoms with E-state index in [1.807, 2.05) is 0 Å². The molecule has 0 rings (SSSR count). The molecule has 7 heavy (non-hydrogen) atoms. The first-order chi connectivity index (χ1) is 3.41. The Morgan fingerprint density at radius 2 is 2.00 bits per heavy atom. The van der Waals surface area contributed by atoms with Crippen molar-refractivity contribution in [2.45, 2.75) is 19.8 Å². The van der Waals surface area contributed by atoms with Gasteiger partial charge in [0.05, 0.1) is 0 Å². The first-order valence-corrected chi connectivity index (χ1v) is 2.70. The van der Waals surface area contributed by atoms with Crippen LogP contribution in [-0.4, -0.2) is 5.88 Å². The third kappa shape index (κ3) is 22.5. The Morgan fingerprint density at radius 1 is 1.57 bits per heavy atom. The molecule has 0 aliphatic heterocycles. The highest BCUT2D eigenvalue weighted by Crippen LogP contribution is 1.86. The summed E-state index contributed by atoms with van der Waals surface area (Å²) in [5, 5.41) is 0. The van der Waals surface area contributed by atoms with Crippen LogP contribution in [0.15, 0.2) is 0 Å². The summed E-state index contributed by atoms with van der Waals surface area (Å²) in [6.07, 6.45) is 2.37. The van der Waals surface area contributed by atoms with Gasteiger partial charge in [0.2, 0.25) is 7.18 Å². The molecule has 0 spiro atoms. The summed E-state index contributed by atoms with van der Waals surface area (Å²) in [5.74, 6) is 0.816. The van der Waals surface area contributed by atoms with E-state index in [1.54, 1.807) is 0 Å². The van der Waals surface area contributed by atoms with Crippen LogP contribution in [0.1, 0.15) is 19.8 Å². The molecule has 0 aliphatic carbocycles. The lowest BCUT2D eigenvalue weighted by Crippen LogP contribution is -1.65. The SMILES string of the molecule is CCCCCl.[C]F. The Kier molecular flexibility index (Phi) is 23.9. The quantitative estimate of drug-likeness (QED) is 0.495. The topological polar surface area (TPSA) is 0 Å². The Balaban J connectivity index is 0. The van der Waals surface area contributed by atoms with Crippen molar-refractivity contribution in [1.82, 2.24) is 0 Å². The van der Waals surface area contributed by atoms with E-state index >= 15 is 0 Å². The van der Waals surface area contributed by atoms with E-state index < -0.39 is 0 Å². The van der Waals surface area contributed by atoms with Crippen LogP contribution in [0.2, 0.25) is 0 Å². The molecular weight excluding hydrogens is 115 g/mol. The van der Waals surface area contributed by atoms with Crippen LogP contribution in [0.3, 0.4) is 0 Å². The van der Waals surface area contributed by atoms with Gasteiger partial charge in [-0.3, -0.25) is 0 Å². The molecule has 0 N–H and O–H groups in total. The largest absolute Gasteiger partial charge is 0.232 e. The minimum atomic E-state index is 0.816. The van der Waals surface area contributed by atoms with Gasteiger partial charge in [0.1, 0.15) is 0 Å². The third-order valence-electron chi connectivity index (χ3n) is 0.487. The van der Waals surface area contributed by atoms with Gasteiger partial charge in [0, 0.05) is 5.88 Å². The standard InChI is InChI=1S/C4H9Cl.CF/c1-2-3-4-5;1-2/h2-4H2,1H3;. The molecule has 0 aromatic rings. The van der Waals surface area contributed by atoms with E-state index in [4.69, 9.17) is 16.0 Å². The lowest BCUT2D eigenvalue weighted by atomic mass is 10.4. The van der Waals surface area contributed by atoms with Crippen molar-refractivity contribution < 1.29 is 4.39 Å². The van der Waals surface area contributed by atoms with Crippen LogP contribution in [0.5, 0.6) is 0 Å². The Bertz CT molecular complexity index is 15.6. The molecule has 0 amide bonds. The number of hydrogen-bond acceptors (Lipinski definition) is 0. The third-order valence-corrected chi connectivity index (χ3v) is 0.754. The summed E-state index contributed by atoms with van der Waals surface area (Å²) in [6, 6.07) is 0. The minimum absolute atomic E-state index is 0.816. The lowest BCUT2D eigenvalue weighted by Gasteiger charge is -1.77. The average Bonchev–Trinajstić information content (AvgIpc) is 1.75. The maximum Gasteiger partial charge on any atom is 0.232 e. The number of rotatable bonds is 2. The van der Waals surface area contributed by atoms with Crippen molar-refractivity contribution in [3.05, 3.63) is 7.18 Å². The minimum Gasteiger partial charge on any atom is -0.232 e. The average molecular weight is 124 g/mol. The smallest absolute Gasteiger partial charge is 0.232 e. The summed E-state index contributed by atoms with van der Waals surface area (Å²) in [5.41, 5.74) is 0. The highest BCUT2D eigenvalue weighted by Gasteiger charge is 1.70. The zero-order chi connectivity index (χ0) is 6.12. The fourth-order valence-electron chi connectivity index (χ4n) is 0.134. The molecule has 0 unspecified atom stereocenters. The molecular formula is C5H9ClF. The maximum atomic E-state index is 8.75. The van der Waals surface area contributed by atoms with Gasteiger partial charge in [-0.25, -0.2) is 4.39 Å². The van der Waals surface area contributed by atoms with E-state index in [0.717, 1.165) is 12.3 Å². The summed E-state index contributed by atoms with van der Waals surface area (Å²) in [7, 11) is 4.25. The van der Waals surface area contributed by atoms with E-state index in [9.17, 15) is 0 Å². The van der Waals surface area contributed by atoms with Crippen LogP contribution in [-0.2, 0) is 0 Å². The molecule has 0 saturated heterocycles. The normalized spacial score (nSPS) is 6.86. The lowest BCUT2D eigenvalue weighted by molar-refractivity contribution is 0.713. The van der Waals surface area contributed by atoms with Gasteiger partial charge in [-0.2, -0.15) is 0 Å². The van der Waals surface area contributed by atoms with E-state index in [0.29, 0.717) is 0 Å². The second-order valence-electron chi connectivity index (χ2n) is 1.04. The zero-order valence-electron chi connectivity index (χ0n) is 4.38. The van der Waals surface area contributed by atoms with Crippen molar-refractivity contribution in [2.75, 3.05) is 5.88 Å². The number of halogens is 2. The molecule has 0 fully saturated rings. The number of hydrogen-bond donors (Lipinski definition) is 0. The molecule has 2 heteroatoms. The second kappa shape index (κ2) is 16.3. The van der Waals surface area contributed by atoms with Crippen molar-refractivity contribution in [3.8, 4) is 0 Å². The Morgan fingerprint density at radius 3 is 2.00 bits per heavy atom. The van der Waals surface area contributed by atoms with Gasteiger partial charge in [0.15, 0.2) is 0 Å². The molecule has 0 saturated carbocycles. The van der Waals surface area contributed by atoms with Crippen LogP contribution in [0.25, 0.3) is 0 Å². The predicted octanol–water partition coefficient (Wildman–Crippen LogP) is 2.53. The van der Waals surface area contributed by atoms with Gasteiger partial charge < -0.3 is 0 Å². The molecule has 0 aromatic heterocycles. The monoisotopic (exact) mass is 123 g/mol. The maximum absolute atomic E-state index is 8.75. The molecule has 0 bridgehead atoms. The Labute approximate surface area is 49.7 Å². The summed E-state index contributed by atoms with van der Waals surface area (Å²) < 4.78 is 8.75. The van der Waals surface area contributed by atoms with Crippen LogP contribution >= 0.6 is 11.6 Å². The van der Waals surface area contributed by atoms with Crippen molar-refractivity contribution >= 4 is 11.6 Å². The molecule has 43 valence electrons. The fraction of sp³-hybridized carbons (Fsp3) is 0.800. The van der Waals surface area contributed by atoms with Gasteiger partial charge >= 0.3 is 0 Å². The molecule has 0 aliphatic rings. The van der Waals surface area contributed by atoms with Crippen LogP contribution in [0.4, 0.5) is 4.39 Å². The molecule has 0 nitrogen and oxygen atoms in total. The van der Waals surface area contributed by atoms with Crippen LogP contribution < -0.4 is 0 Å². The van der Waals surface area contributed by atoms with E-state index in [-0.39, 0.29) is 0 Å². The first kappa shape index (κ1) is 10.3. The first-order valence-electron chi connectivity index (χ1n) is 2.16. The fourth-order valence-corrected chi connectivity index (χ4v) is 0.401. The van der Waals surface area contributed by atoms with Crippen molar-refractivity contribution in [1.29, 1.82) is 0 Å². The van der Waals surface area contributed by atoms with Gasteiger partial charge in [-0.1, -0.05) is 13.3 Å². The van der Waals surface area contributed by atoms with Gasteiger partial charge in [-0.05, 0) is 6.42 Å². The highest BCUT2D eigenvalue weighted by atomic mass is 35.5. The molecule has 3 radical (unpaired) electrons. The van der Waals surface area contributed by atoms with Crippen molar-refractivity contribution in [2.24, 2.45) is 0 Å². The van der Waals surface area contributed by atoms with Crippen LogP contribution in [0, 0.1) is 7.18 Å². The summed E-state index contributed by atoms with van der Waals surface area (Å²) in [6.45, 7) is 2.13. The molecule has 0 atom stereocenters. The second-order valence-corrected chi connectivity index (χ2v) is 1.42. The Hall–Kier alpha value is 0.220. The molecule has 0 aromatic carbocycles. The highest BCUT2D eigenvalue weighted by molar-refractivity contribution is 6.17. The molecule has 0 heterocycles. The zero-order valence-corrected chi connectivity index (χ0v) is 5.13. The summed E-state index contributed by atoms with van der Waals surface area (Å²) in [4.78, 5) is 0. The predicted molar refractivity (Wildman–Crippen MR) is 30.0 cm³/mol. The number of unbranched alkanes of at least 4 members (excludes halogenated alkanes) is 1. The summed E-state index contributed by atoms with van der Waals surface area (Å²) >= 11 is 5.30.